The Labute approximate surface area is 428 Å². The highest BCUT2D eigenvalue weighted by Crippen LogP contribution is 2.84. The maximum atomic E-state index is 16.1. The van der Waals surface area contributed by atoms with Gasteiger partial charge in [0.25, 0.3) is 0 Å². The van der Waals surface area contributed by atoms with Gasteiger partial charge in [-0.05, 0) is 338 Å². The molecular weight excluding hydrogens is 967 g/mol. The van der Waals surface area contributed by atoms with Crippen molar-refractivity contribution in [2.24, 2.45) is 0 Å². The molecule has 0 saturated heterocycles. The molecule has 0 aliphatic heterocycles. The summed E-state index contributed by atoms with van der Waals surface area (Å²) in [7, 11) is -4.11. The summed E-state index contributed by atoms with van der Waals surface area (Å²) in [6.07, 6.45) is 0. The van der Waals surface area contributed by atoms with Crippen LogP contribution in [0.2, 0.25) is 0 Å². The van der Waals surface area contributed by atoms with Crippen LogP contribution < -0.4 is 4.72 Å². The molecule has 4 aliphatic rings. The lowest BCUT2D eigenvalue weighted by atomic mass is 9.53. The van der Waals surface area contributed by atoms with E-state index in [-0.39, 0.29) is 5.92 Å². The highest BCUT2D eigenvalue weighted by Gasteiger charge is 2.66. The molecule has 0 aromatic heterocycles. The number of sulfonamides is 1. The molecule has 0 spiro atoms. The van der Waals surface area contributed by atoms with Gasteiger partial charge in [-0.3, -0.25) is 0 Å². The number of rotatable bonds is 5. The predicted octanol–water partition coefficient (Wildman–Crippen LogP) is 19.2. The van der Waals surface area contributed by atoms with Crippen LogP contribution in [0.4, 0.5) is 0 Å². The highest BCUT2D eigenvalue weighted by molar-refractivity contribution is 7.89. The van der Waals surface area contributed by atoms with Crippen molar-refractivity contribution in [1.82, 2.24) is 4.72 Å². The second-order valence-electron chi connectivity index (χ2n) is 27.4. The van der Waals surface area contributed by atoms with Gasteiger partial charge in [-0.15, -0.1) is 0 Å². The first-order valence-electron chi connectivity index (χ1n) is 28.5. The van der Waals surface area contributed by atoms with Gasteiger partial charge in [-0.1, -0.05) is 48.0 Å². The fourth-order valence-electron chi connectivity index (χ4n) is 25.7. The Morgan fingerprint density at radius 1 is 0.308 bits per heavy atom. The van der Waals surface area contributed by atoms with Crippen molar-refractivity contribution in [3.63, 3.8) is 0 Å². The number of aryl methyl sites for hydroxylation is 1. The van der Waals surface area contributed by atoms with Gasteiger partial charge in [0.2, 0.25) is 10.0 Å². The van der Waals surface area contributed by atoms with E-state index in [2.05, 4.69) is 42.0 Å². The van der Waals surface area contributed by atoms with Gasteiger partial charge in [-0.25, -0.2) is 13.1 Å². The molecule has 4 heteroatoms. The second kappa shape index (κ2) is 7.43. The summed E-state index contributed by atoms with van der Waals surface area (Å²) in [4.78, 5) is 0.332. The van der Waals surface area contributed by atoms with Crippen LogP contribution in [0, 0.1) is 6.92 Å². The van der Waals surface area contributed by atoms with Crippen LogP contribution in [0.5, 0.6) is 0 Å². The summed E-state index contributed by atoms with van der Waals surface area (Å²) in [5.41, 5.74) is 7.22. The number of benzene rings is 20. The summed E-state index contributed by atoms with van der Waals surface area (Å²) >= 11 is 0. The summed E-state index contributed by atoms with van der Waals surface area (Å²) in [6, 6.07) is 18.0. The Hall–Kier alpha value is -9.19. The quantitative estimate of drug-likeness (QED) is 0.175. The molecule has 1 atom stereocenters. The van der Waals surface area contributed by atoms with Gasteiger partial charge in [0.05, 0.1) is 16.4 Å². The molecule has 0 fully saturated rings. The van der Waals surface area contributed by atoms with Crippen LogP contribution in [0.15, 0.2) is 59.5 Å². The number of nitrogens with one attached hydrogen (secondary N) is 1. The molecule has 30 aromatic carbocycles. The third-order valence-electron chi connectivity index (χ3n) is 26.4. The van der Waals surface area contributed by atoms with E-state index in [0.717, 1.165) is 11.1 Å². The Balaban J connectivity index is 1.06. The fourth-order valence-corrected chi connectivity index (χ4v) is 27.0. The van der Waals surface area contributed by atoms with E-state index >= 15 is 8.42 Å². The minimum absolute atomic E-state index is 0.117. The molecular formula is C74H15NO2S. The van der Waals surface area contributed by atoms with Gasteiger partial charge in [-0.2, -0.15) is 0 Å². The molecule has 4 aliphatic carbocycles. The SMILES string of the molecule is Cc1ccc(S(=O)(=O)NC(c2ccccc2)C23c4c5c6c7c8c9c(c%10c%11c2c2c4c4c%12c5c5c6c6c8c8c%13c9c9c%10c%10c%11c%11c2c2c4c4c%12c%12c5c5c6c8c6c8c%13c9c9c%10c%10c%11c2c2c4c4c%12c5c6c5c8c9c%10c2c45)C73)cc1. The van der Waals surface area contributed by atoms with E-state index < -0.39 is 21.5 Å². The van der Waals surface area contributed by atoms with Gasteiger partial charge in [0.1, 0.15) is 0 Å². The van der Waals surface area contributed by atoms with Crippen molar-refractivity contribution < 1.29 is 8.42 Å². The van der Waals surface area contributed by atoms with Crippen LogP contribution in [0.1, 0.15) is 45.3 Å². The molecule has 34 rings (SSSR count). The minimum atomic E-state index is -4.11. The highest BCUT2D eigenvalue weighted by atomic mass is 32.2. The molecule has 0 heterocycles. The van der Waals surface area contributed by atoms with Crippen molar-refractivity contribution >= 4 is 301 Å². The van der Waals surface area contributed by atoms with Gasteiger partial charge < -0.3 is 0 Å². The van der Waals surface area contributed by atoms with E-state index in [4.69, 9.17) is 0 Å². The zero-order valence-corrected chi connectivity index (χ0v) is 40.9. The fraction of sp³-hybridized carbons (Fsp3) is 0.0541. The first-order chi connectivity index (χ1) is 38.6. The standard InChI is InChI=1S/C74H15NO2S/c1-11-7-9-13(10-8-11)78(76,77)75-73(12-5-3-2-4-6-12)74-70-66-60-46-38-30-18-15-14-16-19(18)31-33-29-23(16)25-21-17(14)20-24-22(15)28-32(30)44(46)52-50-36(28)34(24)42-40-26(20)27(21)41-43-35(25)37(29)51-53-45(33)47(39(31)38)61(60)67(70)63(53)65-57(51)55(43)59-49(41)48(40)58-54(42)56(50)64(62(52)66)71(74)68(58)69(59)72(65)74/h2-10,70,73,75H,1H3. The van der Waals surface area contributed by atoms with Crippen molar-refractivity contribution in [3.8, 4) is 0 Å². The third kappa shape index (κ3) is 1.85. The lowest BCUT2D eigenvalue weighted by molar-refractivity contribution is 0.363. The molecule has 0 radical (unpaired) electrons. The van der Waals surface area contributed by atoms with E-state index in [1.54, 1.807) is 194 Å². The summed E-state index contributed by atoms with van der Waals surface area (Å²) in [5, 5.41) is 83.7. The third-order valence-corrected chi connectivity index (χ3v) is 27.8. The van der Waals surface area contributed by atoms with Gasteiger partial charge >= 0.3 is 0 Å². The molecule has 334 valence electrons. The smallest absolute Gasteiger partial charge is 0.207 e. The maximum absolute atomic E-state index is 16.1. The lowest BCUT2D eigenvalue weighted by Crippen LogP contribution is -2.49. The number of hydrogen-bond acceptors (Lipinski definition) is 2. The molecule has 78 heavy (non-hydrogen) atoms. The Morgan fingerprint density at radius 2 is 0.538 bits per heavy atom. The van der Waals surface area contributed by atoms with Crippen LogP contribution in [0.3, 0.4) is 0 Å². The molecule has 30 aromatic rings. The minimum Gasteiger partial charge on any atom is -0.207 e. The monoisotopic (exact) mass is 981 g/mol. The average Bonchev–Trinajstić information content (AvgIpc) is 1.55. The topological polar surface area (TPSA) is 46.2 Å². The normalized spacial score (nSPS) is 20.4. The number of hydrogen-bond donors (Lipinski definition) is 1. The van der Waals surface area contributed by atoms with Crippen LogP contribution in [-0.4, -0.2) is 8.42 Å². The zero-order valence-electron chi connectivity index (χ0n) is 40.1. The molecule has 0 saturated carbocycles. The molecule has 0 bridgehead atoms. The van der Waals surface area contributed by atoms with E-state index in [9.17, 15) is 0 Å². The maximum Gasteiger partial charge on any atom is 0.241 e. The van der Waals surface area contributed by atoms with Crippen molar-refractivity contribution in [2.45, 2.75) is 29.2 Å². The average molecular weight is 982 g/mol. The Morgan fingerprint density at radius 3 is 0.821 bits per heavy atom. The Bertz CT molecular complexity index is 7770. The van der Waals surface area contributed by atoms with Crippen LogP contribution in [-0.2, 0) is 15.4 Å². The summed E-state index contributed by atoms with van der Waals surface area (Å²) < 4.78 is 36.0. The first-order valence-corrected chi connectivity index (χ1v) is 29.9. The van der Waals surface area contributed by atoms with E-state index in [0.29, 0.717) is 4.90 Å². The predicted molar refractivity (Wildman–Crippen MR) is 326 cm³/mol. The van der Waals surface area contributed by atoms with E-state index in [1.165, 1.54) is 119 Å². The van der Waals surface area contributed by atoms with Crippen molar-refractivity contribution in [3.05, 3.63) is 88.0 Å². The zero-order chi connectivity index (χ0) is 47.4. The van der Waals surface area contributed by atoms with Crippen molar-refractivity contribution in [2.75, 3.05) is 0 Å². The molecule has 3 nitrogen and oxygen atoms in total. The summed E-state index contributed by atoms with van der Waals surface area (Å²) in [5.74, 6) is -0.117. The van der Waals surface area contributed by atoms with Crippen LogP contribution >= 0.6 is 0 Å². The largest absolute Gasteiger partial charge is 0.241 e. The first kappa shape index (κ1) is 31.1. The summed E-state index contributed by atoms with van der Waals surface area (Å²) in [6.45, 7) is 2.05. The van der Waals surface area contributed by atoms with Crippen LogP contribution in [0.25, 0.3) is 291 Å². The molecule has 0 amide bonds. The van der Waals surface area contributed by atoms with Crippen molar-refractivity contribution in [1.29, 1.82) is 0 Å². The van der Waals surface area contributed by atoms with Gasteiger partial charge in [0.15, 0.2) is 0 Å². The van der Waals surface area contributed by atoms with Gasteiger partial charge in [0, 0.05) is 5.92 Å². The Kier molecular flexibility index (Phi) is 2.97. The lowest BCUT2D eigenvalue weighted by Gasteiger charge is -2.50. The molecule has 1 unspecified atom stereocenters. The van der Waals surface area contributed by atoms with E-state index in [1.807, 2.05) is 24.3 Å². The second-order valence-corrected chi connectivity index (χ2v) is 29.1. The molecule has 1 N–H and O–H groups in total.